The number of nitrogen functional groups attached to an aromatic ring is 1. The van der Waals surface area contributed by atoms with E-state index < -0.39 is 0 Å². The van der Waals surface area contributed by atoms with Crippen LogP contribution < -0.4 is 5.73 Å². The van der Waals surface area contributed by atoms with Gasteiger partial charge in [0.05, 0.1) is 19.6 Å². The van der Waals surface area contributed by atoms with Crippen LogP contribution in [0, 0.1) is 5.92 Å². The summed E-state index contributed by atoms with van der Waals surface area (Å²) >= 11 is 0. The van der Waals surface area contributed by atoms with E-state index in [4.69, 9.17) is 10.5 Å². The molecule has 2 aliphatic rings. The van der Waals surface area contributed by atoms with E-state index in [1.54, 1.807) is 0 Å². The number of carbonyl (C=O) groups excluding carboxylic acids is 1. The number of carbonyl (C=O) groups is 1. The van der Waals surface area contributed by atoms with Gasteiger partial charge in [-0.15, -0.1) is 0 Å². The Labute approximate surface area is 138 Å². The van der Waals surface area contributed by atoms with Gasteiger partial charge in [0, 0.05) is 38.4 Å². The third-order valence-electron chi connectivity index (χ3n) is 4.83. The Bertz CT molecular complexity index is 512. The Hall–Kier alpha value is -1.59. The number of nitrogens with zero attached hydrogens (tertiary/aromatic N) is 2. The Morgan fingerprint density at radius 3 is 2.65 bits per heavy atom. The molecule has 0 radical (unpaired) electrons. The number of hydrogen-bond acceptors (Lipinski definition) is 4. The summed E-state index contributed by atoms with van der Waals surface area (Å²) in [5.41, 5.74) is 7.48. The second-order valence-corrected chi connectivity index (χ2v) is 6.68. The maximum absolute atomic E-state index is 12.6. The van der Waals surface area contributed by atoms with Crippen LogP contribution in [0.25, 0.3) is 0 Å². The highest BCUT2D eigenvalue weighted by Gasteiger charge is 2.25. The molecule has 1 atom stereocenters. The molecule has 2 heterocycles. The van der Waals surface area contributed by atoms with Gasteiger partial charge in [-0.05, 0) is 36.5 Å². The zero-order chi connectivity index (χ0) is 16.1. The van der Waals surface area contributed by atoms with Gasteiger partial charge in [0.15, 0.2) is 0 Å². The SMILES string of the molecule is Nc1ccc(CC(=O)N2CCCC(CN3CCOCC3)C2)cc1. The number of amides is 1. The van der Waals surface area contributed by atoms with Crippen LogP contribution in [-0.2, 0) is 16.0 Å². The molecule has 1 amide bonds. The van der Waals surface area contributed by atoms with Crippen LogP contribution in [0.4, 0.5) is 5.69 Å². The van der Waals surface area contributed by atoms with Gasteiger partial charge in [0.2, 0.25) is 5.91 Å². The summed E-state index contributed by atoms with van der Waals surface area (Å²) in [7, 11) is 0. The molecule has 0 aromatic heterocycles. The van der Waals surface area contributed by atoms with Crippen molar-refractivity contribution in [2.45, 2.75) is 19.3 Å². The Morgan fingerprint density at radius 1 is 1.17 bits per heavy atom. The lowest BCUT2D eigenvalue weighted by molar-refractivity contribution is -0.132. The number of piperidine rings is 1. The number of hydrogen-bond donors (Lipinski definition) is 1. The average Bonchev–Trinajstić information content (AvgIpc) is 2.58. The van der Waals surface area contributed by atoms with Crippen molar-refractivity contribution >= 4 is 11.6 Å². The Morgan fingerprint density at radius 2 is 1.91 bits per heavy atom. The smallest absolute Gasteiger partial charge is 0.226 e. The summed E-state index contributed by atoms with van der Waals surface area (Å²) in [5, 5.41) is 0. The molecular formula is C18H27N3O2. The maximum atomic E-state index is 12.6. The molecule has 5 heteroatoms. The van der Waals surface area contributed by atoms with E-state index in [2.05, 4.69) is 4.90 Å². The molecule has 0 spiro atoms. The number of anilines is 1. The predicted molar refractivity (Wildman–Crippen MR) is 91.1 cm³/mol. The number of rotatable bonds is 4. The number of ether oxygens (including phenoxy) is 1. The summed E-state index contributed by atoms with van der Waals surface area (Å²) in [6.07, 6.45) is 2.82. The van der Waals surface area contributed by atoms with Crippen LogP contribution in [0.1, 0.15) is 18.4 Å². The van der Waals surface area contributed by atoms with E-state index in [1.165, 1.54) is 6.42 Å². The molecule has 0 bridgehead atoms. The van der Waals surface area contributed by atoms with Gasteiger partial charge in [0.1, 0.15) is 0 Å². The molecule has 1 aromatic rings. The Kier molecular flexibility index (Phi) is 5.51. The molecule has 0 saturated carbocycles. The maximum Gasteiger partial charge on any atom is 0.226 e. The number of likely N-dealkylation sites (tertiary alicyclic amines) is 1. The normalized spacial score (nSPS) is 23.0. The molecule has 1 aromatic carbocycles. The summed E-state index contributed by atoms with van der Waals surface area (Å²) in [5.74, 6) is 0.832. The second kappa shape index (κ2) is 7.79. The van der Waals surface area contributed by atoms with Crippen molar-refractivity contribution in [2.75, 3.05) is 51.7 Å². The minimum absolute atomic E-state index is 0.237. The molecular weight excluding hydrogens is 290 g/mol. The zero-order valence-electron chi connectivity index (χ0n) is 13.7. The van der Waals surface area contributed by atoms with Crippen molar-refractivity contribution in [3.63, 3.8) is 0 Å². The minimum Gasteiger partial charge on any atom is -0.399 e. The van der Waals surface area contributed by atoms with Crippen LogP contribution in [-0.4, -0.2) is 61.6 Å². The summed E-state index contributed by atoms with van der Waals surface area (Å²) in [6.45, 7) is 6.61. The second-order valence-electron chi connectivity index (χ2n) is 6.68. The van der Waals surface area contributed by atoms with E-state index >= 15 is 0 Å². The third kappa shape index (κ3) is 4.69. The molecule has 5 nitrogen and oxygen atoms in total. The topological polar surface area (TPSA) is 58.8 Å². The first kappa shape index (κ1) is 16.3. The number of benzene rings is 1. The fraction of sp³-hybridized carbons (Fsp3) is 0.611. The lowest BCUT2D eigenvalue weighted by Gasteiger charge is -2.36. The van der Waals surface area contributed by atoms with Gasteiger partial charge in [-0.2, -0.15) is 0 Å². The van der Waals surface area contributed by atoms with Gasteiger partial charge in [-0.1, -0.05) is 12.1 Å². The van der Waals surface area contributed by atoms with Gasteiger partial charge in [-0.3, -0.25) is 9.69 Å². The van der Waals surface area contributed by atoms with E-state index in [0.717, 1.165) is 63.6 Å². The molecule has 2 saturated heterocycles. The zero-order valence-corrected chi connectivity index (χ0v) is 13.7. The first-order chi connectivity index (χ1) is 11.2. The van der Waals surface area contributed by atoms with Crippen molar-refractivity contribution in [3.8, 4) is 0 Å². The summed E-state index contributed by atoms with van der Waals surface area (Å²) < 4.78 is 5.41. The number of nitrogens with two attached hydrogens (primary N) is 1. The van der Waals surface area contributed by atoms with Crippen molar-refractivity contribution in [1.29, 1.82) is 0 Å². The summed E-state index contributed by atoms with van der Waals surface area (Å²) in [4.78, 5) is 17.1. The largest absolute Gasteiger partial charge is 0.399 e. The highest BCUT2D eigenvalue weighted by atomic mass is 16.5. The highest BCUT2D eigenvalue weighted by molar-refractivity contribution is 5.79. The first-order valence-electron chi connectivity index (χ1n) is 8.63. The molecule has 2 aliphatic heterocycles. The number of morpholine rings is 1. The molecule has 23 heavy (non-hydrogen) atoms. The highest BCUT2D eigenvalue weighted by Crippen LogP contribution is 2.19. The van der Waals surface area contributed by atoms with E-state index in [1.807, 2.05) is 29.2 Å². The molecule has 2 N–H and O–H groups in total. The summed E-state index contributed by atoms with van der Waals surface area (Å²) in [6, 6.07) is 7.62. The molecule has 2 fully saturated rings. The minimum atomic E-state index is 0.237. The van der Waals surface area contributed by atoms with Crippen LogP contribution in [0.15, 0.2) is 24.3 Å². The van der Waals surface area contributed by atoms with Crippen molar-refractivity contribution in [1.82, 2.24) is 9.80 Å². The van der Waals surface area contributed by atoms with E-state index in [0.29, 0.717) is 12.3 Å². The first-order valence-corrected chi connectivity index (χ1v) is 8.63. The standard InChI is InChI=1S/C18H27N3O2/c19-17-5-3-15(4-6-17)12-18(22)21-7-1-2-16(14-21)13-20-8-10-23-11-9-20/h3-6,16H,1-2,7-14,19H2. The molecule has 0 aliphatic carbocycles. The van der Waals surface area contributed by atoms with Gasteiger partial charge in [-0.25, -0.2) is 0 Å². The lowest BCUT2D eigenvalue weighted by atomic mass is 9.96. The fourth-order valence-electron chi connectivity index (χ4n) is 3.51. The third-order valence-corrected chi connectivity index (χ3v) is 4.83. The average molecular weight is 317 g/mol. The molecule has 3 rings (SSSR count). The van der Waals surface area contributed by atoms with Gasteiger partial charge >= 0.3 is 0 Å². The monoisotopic (exact) mass is 317 g/mol. The van der Waals surface area contributed by atoms with Gasteiger partial charge < -0.3 is 15.4 Å². The molecule has 126 valence electrons. The van der Waals surface area contributed by atoms with E-state index in [9.17, 15) is 4.79 Å². The van der Waals surface area contributed by atoms with Crippen LogP contribution >= 0.6 is 0 Å². The predicted octanol–water partition coefficient (Wildman–Crippen LogP) is 1.38. The lowest BCUT2D eigenvalue weighted by Crippen LogP contribution is -2.46. The van der Waals surface area contributed by atoms with E-state index in [-0.39, 0.29) is 5.91 Å². The van der Waals surface area contributed by atoms with Gasteiger partial charge in [0.25, 0.3) is 0 Å². The quantitative estimate of drug-likeness (QED) is 0.853. The molecule has 1 unspecified atom stereocenters. The van der Waals surface area contributed by atoms with Crippen molar-refractivity contribution in [2.24, 2.45) is 5.92 Å². The Balaban J connectivity index is 1.50. The van der Waals surface area contributed by atoms with Crippen molar-refractivity contribution in [3.05, 3.63) is 29.8 Å². The fourth-order valence-corrected chi connectivity index (χ4v) is 3.51. The van der Waals surface area contributed by atoms with Crippen LogP contribution in [0.3, 0.4) is 0 Å². The van der Waals surface area contributed by atoms with Crippen LogP contribution in [0.5, 0.6) is 0 Å². The van der Waals surface area contributed by atoms with Crippen LogP contribution in [0.2, 0.25) is 0 Å². The van der Waals surface area contributed by atoms with Crippen molar-refractivity contribution < 1.29 is 9.53 Å².